The van der Waals surface area contributed by atoms with Crippen molar-refractivity contribution in [1.82, 2.24) is 9.55 Å². The molecule has 0 saturated heterocycles. The Morgan fingerprint density at radius 1 is 1.55 bits per heavy atom. The highest BCUT2D eigenvalue weighted by Crippen LogP contribution is 2.17. The molecule has 0 saturated carbocycles. The van der Waals surface area contributed by atoms with Crippen LogP contribution in [0.15, 0.2) is 6.20 Å². The zero-order valence-electron chi connectivity index (χ0n) is 7.42. The van der Waals surface area contributed by atoms with Gasteiger partial charge >= 0.3 is 0 Å². The molecule has 0 amide bonds. The Morgan fingerprint density at radius 2 is 2.09 bits per heavy atom. The Labute approximate surface area is 66.7 Å². The molecule has 1 N–H and O–H groups in total. The van der Waals surface area contributed by atoms with Crippen molar-refractivity contribution in [2.45, 2.75) is 26.4 Å². The first kappa shape index (κ1) is 8.27. The molecule has 11 heavy (non-hydrogen) atoms. The third kappa shape index (κ3) is 1.43. The summed E-state index contributed by atoms with van der Waals surface area (Å²) in [5.74, 6) is 0.704. The summed E-state index contributed by atoms with van der Waals surface area (Å²) in [6, 6.07) is 0. The molecule has 1 heterocycles. The standard InChI is InChI=1S/C8H14N2O/c1-6-5-9-7(10(6)4)8(2,3)11/h5,11H,1-4H3. The van der Waals surface area contributed by atoms with Crippen molar-refractivity contribution in [3.63, 3.8) is 0 Å². The lowest BCUT2D eigenvalue weighted by atomic mass is 10.1. The Bertz CT molecular complexity index is 258. The topological polar surface area (TPSA) is 38.1 Å². The maximum atomic E-state index is 9.60. The molecule has 0 fully saturated rings. The maximum Gasteiger partial charge on any atom is 0.140 e. The van der Waals surface area contributed by atoms with Gasteiger partial charge in [-0.05, 0) is 20.8 Å². The van der Waals surface area contributed by atoms with E-state index in [9.17, 15) is 5.11 Å². The van der Waals surface area contributed by atoms with E-state index in [0.29, 0.717) is 5.82 Å². The van der Waals surface area contributed by atoms with Crippen molar-refractivity contribution >= 4 is 0 Å². The summed E-state index contributed by atoms with van der Waals surface area (Å²) in [6.07, 6.45) is 1.76. The van der Waals surface area contributed by atoms with Crippen molar-refractivity contribution in [2.24, 2.45) is 7.05 Å². The maximum absolute atomic E-state index is 9.60. The normalized spacial score (nSPS) is 12.1. The first-order chi connectivity index (χ1) is 4.93. The summed E-state index contributed by atoms with van der Waals surface area (Å²) in [4.78, 5) is 4.10. The lowest BCUT2D eigenvalue weighted by Gasteiger charge is -2.16. The number of aromatic nitrogens is 2. The number of aryl methyl sites for hydroxylation is 1. The van der Waals surface area contributed by atoms with Crippen LogP contribution in [0.3, 0.4) is 0 Å². The van der Waals surface area contributed by atoms with Gasteiger partial charge in [0.25, 0.3) is 0 Å². The van der Waals surface area contributed by atoms with Crippen LogP contribution in [-0.2, 0) is 12.6 Å². The van der Waals surface area contributed by atoms with Crippen LogP contribution in [0, 0.1) is 6.92 Å². The van der Waals surface area contributed by atoms with E-state index in [2.05, 4.69) is 4.98 Å². The molecule has 1 aromatic heterocycles. The van der Waals surface area contributed by atoms with E-state index in [-0.39, 0.29) is 0 Å². The van der Waals surface area contributed by atoms with Gasteiger partial charge in [0.05, 0.1) is 0 Å². The Balaban J connectivity index is 3.15. The van der Waals surface area contributed by atoms with E-state index in [1.165, 1.54) is 0 Å². The fraction of sp³-hybridized carbons (Fsp3) is 0.625. The molecule has 3 heteroatoms. The zero-order valence-corrected chi connectivity index (χ0v) is 7.42. The van der Waals surface area contributed by atoms with Crippen molar-refractivity contribution in [1.29, 1.82) is 0 Å². The summed E-state index contributed by atoms with van der Waals surface area (Å²) < 4.78 is 1.89. The lowest BCUT2D eigenvalue weighted by molar-refractivity contribution is 0.0657. The molecule has 0 aliphatic carbocycles. The van der Waals surface area contributed by atoms with Crippen molar-refractivity contribution < 1.29 is 5.11 Å². The summed E-state index contributed by atoms with van der Waals surface area (Å²) in [5, 5.41) is 9.60. The average molecular weight is 154 g/mol. The quantitative estimate of drug-likeness (QED) is 0.654. The Morgan fingerprint density at radius 3 is 2.27 bits per heavy atom. The summed E-state index contributed by atoms with van der Waals surface area (Å²) in [5.41, 5.74) is 0.213. The molecule has 0 spiro atoms. The van der Waals surface area contributed by atoms with Gasteiger partial charge in [-0.3, -0.25) is 0 Å². The van der Waals surface area contributed by atoms with Gasteiger partial charge in [0.2, 0.25) is 0 Å². The van der Waals surface area contributed by atoms with Gasteiger partial charge in [-0.15, -0.1) is 0 Å². The van der Waals surface area contributed by atoms with Crippen molar-refractivity contribution in [2.75, 3.05) is 0 Å². The van der Waals surface area contributed by atoms with E-state index < -0.39 is 5.60 Å². The second kappa shape index (κ2) is 2.34. The number of hydrogen-bond acceptors (Lipinski definition) is 2. The van der Waals surface area contributed by atoms with E-state index in [1.54, 1.807) is 20.0 Å². The summed E-state index contributed by atoms with van der Waals surface area (Å²) in [7, 11) is 1.90. The van der Waals surface area contributed by atoms with Crippen LogP contribution in [-0.4, -0.2) is 14.7 Å². The van der Waals surface area contributed by atoms with E-state index in [0.717, 1.165) is 5.69 Å². The molecular formula is C8H14N2O. The molecule has 0 radical (unpaired) electrons. The predicted octanol–water partition coefficient (Wildman–Crippen LogP) is 0.956. The number of nitrogens with zero attached hydrogens (tertiary/aromatic N) is 2. The summed E-state index contributed by atoms with van der Waals surface area (Å²) in [6.45, 7) is 5.42. The number of rotatable bonds is 1. The van der Waals surface area contributed by atoms with E-state index in [4.69, 9.17) is 0 Å². The van der Waals surface area contributed by atoms with Crippen LogP contribution < -0.4 is 0 Å². The molecule has 1 rings (SSSR count). The Hall–Kier alpha value is -0.830. The monoisotopic (exact) mass is 154 g/mol. The third-order valence-corrected chi connectivity index (χ3v) is 1.77. The second-order valence-corrected chi connectivity index (χ2v) is 3.34. The number of imidazole rings is 1. The predicted molar refractivity (Wildman–Crippen MR) is 43.2 cm³/mol. The molecule has 0 aliphatic heterocycles. The van der Waals surface area contributed by atoms with Gasteiger partial charge in [0.1, 0.15) is 11.4 Å². The zero-order chi connectivity index (χ0) is 8.65. The minimum absolute atomic E-state index is 0.704. The third-order valence-electron chi connectivity index (χ3n) is 1.77. The van der Waals surface area contributed by atoms with E-state index in [1.807, 2.05) is 18.5 Å². The highest BCUT2D eigenvalue weighted by Gasteiger charge is 2.21. The SMILES string of the molecule is Cc1cnc(C(C)(C)O)n1C. The first-order valence-electron chi connectivity index (χ1n) is 3.64. The minimum atomic E-state index is -0.844. The smallest absolute Gasteiger partial charge is 0.140 e. The van der Waals surface area contributed by atoms with Crippen LogP contribution in [0.1, 0.15) is 25.4 Å². The summed E-state index contributed by atoms with van der Waals surface area (Å²) >= 11 is 0. The molecule has 3 nitrogen and oxygen atoms in total. The van der Waals surface area contributed by atoms with Gasteiger partial charge < -0.3 is 9.67 Å². The van der Waals surface area contributed by atoms with Gasteiger partial charge in [-0.2, -0.15) is 0 Å². The average Bonchev–Trinajstić information content (AvgIpc) is 2.11. The van der Waals surface area contributed by atoms with Crippen LogP contribution >= 0.6 is 0 Å². The molecule has 0 bridgehead atoms. The largest absolute Gasteiger partial charge is 0.383 e. The van der Waals surface area contributed by atoms with Crippen LogP contribution in [0.5, 0.6) is 0 Å². The number of hydrogen-bond donors (Lipinski definition) is 1. The van der Waals surface area contributed by atoms with Gasteiger partial charge in [0, 0.05) is 18.9 Å². The van der Waals surface area contributed by atoms with Crippen LogP contribution in [0.2, 0.25) is 0 Å². The molecule has 0 unspecified atom stereocenters. The van der Waals surface area contributed by atoms with Gasteiger partial charge in [-0.25, -0.2) is 4.98 Å². The fourth-order valence-electron chi connectivity index (χ4n) is 1.06. The number of aliphatic hydroxyl groups is 1. The fourth-order valence-corrected chi connectivity index (χ4v) is 1.06. The highest BCUT2D eigenvalue weighted by molar-refractivity contribution is 5.07. The van der Waals surface area contributed by atoms with Crippen molar-refractivity contribution in [3.05, 3.63) is 17.7 Å². The van der Waals surface area contributed by atoms with Crippen LogP contribution in [0.25, 0.3) is 0 Å². The lowest BCUT2D eigenvalue weighted by Crippen LogP contribution is -2.21. The Kier molecular flexibility index (Phi) is 1.76. The second-order valence-electron chi connectivity index (χ2n) is 3.34. The van der Waals surface area contributed by atoms with Gasteiger partial charge in [0.15, 0.2) is 0 Å². The molecule has 1 aromatic rings. The molecule has 62 valence electrons. The molecule has 0 atom stereocenters. The molecular weight excluding hydrogens is 140 g/mol. The highest BCUT2D eigenvalue weighted by atomic mass is 16.3. The molecule has 0 aliphatic rings. The molecule has 0 aromatic carbocycles. The first-order valence-corrected chi connectivity index (χ1v) is 3.64. The minimum Gasteiger partial charge on any atom is -0.383 e. The van der Waals surface area contributed by atoms with E-state index >= 15 is 0 Å². The van der Waals surface area contributed by atoms with Crippen LogP contribution in [0.4, 0.5) is 0 Å². The van der Waals surface area contributed by atoms with Crippen molar-refractivity contribution in [3.8, 4) is 0 Å². The van der Waals surface area contributed by atoms with Gasteiger partial charge in [-0.1, -0.05) is 0 Å².